The van der Waals surface area contributed by atoms with Crippen molar-refractivity contribution in [2.45, 2.75) is 52.0 Å². The number of aromatic nitrogens is 2. The van der Waals surface area contributed by atoms with Crippen LogP contribution in [0.3, 0.4) is 0 Å². The zero-order valence-electron chi connectivity index (χ0n) is 15.5. The zero-order chi connectivity index (χ0) is 19.1. The van der Waals surface area contributed by atoms with Crippen molar-refractivity contribution in [2.75, 3.05) is 0 Å². The average molecular weight is 382 g/mol. The molecule has 1 aliphatic rings. The first kappa shape index (κ1) is 17.9. The molecule has 1 unspecified atom stereocenters. The molecule has 0 saturated heterocycles. The largest absolute Gasteiger partial charge is 0.480 e. The van der Waals surface area contributed by atoms with Crippen LogP contribution in [0.1, 0.15) is 48.2 Å². The van der Waals surface area contributed by atoms with Crippen molar-refractivity contribution < 1.29 is 9.90 Å². The van der Waals surface area contributed by atoms with Gasteiger partial charge < -0.3 is 5.11 Å². The fourth-order valence-electron chi connectivity index (χ4n) is 3.99. The van der Waals surface area contributed by atoms with Gasteiger partial charge in [0, 0.05) is 10.4 Å². The number of carboxylic acids is 1. The minimum atomic E-state index is -1.00. The Morgan fingerprint density at radius 2 is 2.04 bits per heavy atom. The van der Waals surface area contributed by atoms with Gasteiger partial charge in [-0.1, -0.05) is 31.2 Å². The van der Waals surface area contributed by atoms with Gasteiger partial charge in [-0.05, 0) is 50.2 Å². The Morgan fingerprint density at radius 3 is 2.74 bits per heavy atom. The predicted molar refractivity (Wildman–Crippen MR) is 108 cm³/mol. The number of hydrogen-bond acceptors (Lipinski definition) is 4. The highest BCUT2D eigenvalue weighted by atomic mass is 32.1. The summed E-state index contributed by atoms with van der Waals surface area (Å²) in [5.74, 6) is -0.543. The van der Waals surface area contributed by atoms with Crippen LogP contribution >= 0.6 is 11.3 Å². The maximum absolute atomic E-state index is 13.5. The number of hydrogen-bond donors (Lipinski definition) is 1. The lowest BCUT2D eigenvalue weighted by Gasteiger charge is -2.19. The summed E-state index contributed by atoms with van der Waals surface area (Å²) in [7, 11) is 0. The van der Waals surface area contributed by atoms with E-state index >= 15 is 0 Å². The van der Waals surface area contributed by atoms with E-state index in [9.17, 15) is 14.7 Å². The fraction of sp³-hybridized carbons (Fsp3) is 0.381. The molecule has 4 rings (SSSR count). The standard InChI is InChI=1S/C21H22N2O3S/c1-3-15(21(25)26)23-18(13-9-5-4-8-12(13)2)22-19-17(20(23)24)14-10-6-7-11-16(14)27-19/h4-5,8-9,15H,3,6-7,10-11H2,1-2H3,(H,25,26). The highest BCUT2D eigenvalue weighted by molar-refractivity contribution is 7.18. The Labute approximate surface area is 161 Å². The van der Waals surface area contributed by atoms with Crippen LogP contribution in [-0.2, 0) is 17.6 Å². The minimum absolute atomic E-state index is 0.216. The Morgan fingerprint density at radius 1 is 1.30 bits per heavy atom. The van der Waals surface area contributed by atoms with E-state index in [0.717, 1.165) is 47.2 Å². The SMILES string of the molecule is CCC(C(=O)O)n1c(-c2ccccc2C)nc2sc3c(c2c1=O)CCCC3. The third-order valence-electron chi connectivity index (χ3n) is 5.39. The second kappa shape index (κ2) is 6.93. The lowest BCUT2D eigenvalue weighted by molar-refractivity contribution is -0.141. The Balaban J connectivity index is 2.11. The average Bonchev–Trinajstić information content (AvgIpc) is 3.03. The molecule has 6 heteroatoms. The van der Waals surface area contributed by atoms with Gasteiger partial charge in [-0.3, -0.25) is 9.36 Å². The summed E-state index contributed by atoms with van der Waals surface area (Å²) in [6.07, 6.45) is 4.37. The molecular formula is C21H22N2O3S. The second-order valence-corrected chi connectivity index (χ2v) is 8.16. The van der Waals surface area contributed by atoms with Gasteiger partial charge in [0.05, 0.1) is 5.39 Å². The normalized spacial score (nSPS) is 14.9. The number of carboxylic acid groups (broad SMARTS) is 1. The molecule has 1 aliphatic carbocycles. The van der Waals surface area contributed by atoms with Crippen molar-refractivity contribution in [1.29, 1.82) is 0 Å². The summed E-state index contributed by atoms with van der Waals surface area (Å²) in [5, 5.41) is 10.4. The van der Waals surface area contributed by atoms with E-state index in [-0.39, 0.29) is 5.56 Å². The Bertz CT molecular complexity index is 1100. The summed E-state index contributed by atoms with van der Waals surface area (Å²) in [6, 6.07) is 6.75. The van der Waals surface area contributed by atoms with Crippen LogP contribution in [0.5, 0.6) is 0 Å². The van der Waals surface area contributed by atoms with Crippen LogP contribution in [0.25, 0.3) is 21.6 Å². The van der Waals surface area contributed by atoms with E-state index in [2.05, 4.69) is 0 Å². The molecule has 2 aromatic heterocycles. The summed E-state index contributed by atoms with van der Waals surface area (Å²) < 4.78 is 1.41. The van der Waals surface area contributed by atoms with Crippen LogP contribution in [0.4, 0.5) is 0 Å². The predicted octanol–water partition coefficient (Wildman–Crippen LogP) is 4.35. The minimum Gasteiger partial charge on any atom is -0.480 e. The highest BCUT2D eigenvalue weighted by Gasteiger charge is 2.28. The number of rotatable bonds is 4. The van der Waals surface area contributed by atoms with Crippen LogP contribution in [0.15, 0.2) is 29.1 Å². The van der Waals surface area contributed by atoms with Crippen molar-refractivity contribution in [3.8, 4) is 11.4 Å². The van der Waals surface area contributed by atoms with Crippen molar-refractivity contribution >= 4 is 27.5 Å². The molecule has 0 spiro atoms. The quantitative estimate of drug-likeness (QED) is 0.728. The molecule has 1 aromatic carbocycles. The highest BCUT2D eigenvalue weighted by Crippen LogP contribution is 2.36. The maximum atomic E-state index is 13.5. The molecule has 5 nitrogen and oxygen atoms in total. The molecule has 2 heterocycles. The molecular weight excluding hydrogens is 360 g/mol. The topological polar surface area (TPSA) is 72.2 Å². The van der Waals surface area contributed by atoms with Gasteiger partial charge in [0.1, 0.15) is 16.7 Å². The van der Waals surface area contributed by atoms with E-state index in [1.54, 1.807) is 18.3 Å². The van der Waals surface area contributed by atoms with E-state index in [4.69, 9.17) is 4.98 Å². The molecule has 0 amide bonds. The van der Waals surface area contributed by atoms with Gasteiger partial charge in [-0.25, -0.2) is 9.78 Å². The van der Waals surface area contributed by atoms with Gasteiger partial charge in [-0.15, -0.1) is 11.3 Å². The zero-order valence-corrected chi connectivity index (χ0v) is 16.3. The molecule has 3 aromatic rings. The molecule has 1 N–H and O–H groups in total. The Kier molecular flexibility index (Phi) is 4.60. The first-order valence-electron chi connectivity index (χ1n) is 9.38. The van der Waals surface area contributed by atoms with Crippen LogP contribution in [0.2, 0.25) is 0 Å². The first-order valence-corrected chi connectivity index (χ1v) is 10.2. The third kappa shape index (κ3) is 2.88. The van der Waals surface area contributed by atoms with Crippen LogP contribution in [0, 0.1) is 6.92 Å². The van der Waals surface area contributed by atoms with Crippen molar-refractivity contribution in [2.24, 2.45) is 0 Å². The molecule has 0 radical (unpaired) electrons. The molecule has 1 atom stereocenters. The van der Waals surface area contributed by atoms with Gasteiger partial charge in [0.25, 0.3) is 5.56 Å². The van der Waals surface area contributed by atoms with E-state index in [0.29, 0.717) is 17.6 Å². The monoisotopic (exact) mass is 382 g/mol. The lowest BCUT2D eigenvalue weighted by Crippen LogP contribution is -2.32. The molecule has 140 valence electrons. The molecule has 0 aliphatic heterocycles. The number of aliphatic carboxylic acids is 1. The lowest BCUT2D eigenvalue weighted by atomic mass is 9.97. The summed E-state index contributed by atoms with van der Waals surface area (Å²) in [6.45, 7) is 3.75. The number of carbonyl (C=O) groups is 1. The van der Waals surface area contributed by atoms with Crippen molar-refractivity contribution in [3.63, 3.8) is 0 Å². The number of fused-ring (bicyclic) bond motifs is 3. The fourth-order valence-corrected chi connectivity index (χ4v) is 5.24. The first-order chi connectivity index (χ1) is 13.0. The van der Waals surface area contributed by atoms with Gasteiger partial charge in [0.2, 0.25) is 0 Å². The van der Waals surface area contributed by atoms with E-state index in [1.807, 2.05) is 31.2 Å². The number of thiophene rings is 1. The molecule has 27 heavy (non-hydrogen) atoms. The van der Waals surface area contributed by atoms with Crippen molar-refractivity contribution in [1.82, 2.24) is 9.55 Å². The molecule has 0 fully saturated rings. The summed E-state index contributed by atoms with van der Waals surface area (Å²) in [4.78, 5) is 32.3. The van der Waals surface area contributed by atoms with Gasteiger partial charge in [0.15, 0.2) is 0 Å². The number of benzene rings is 1. The third-order valence-corrected chi connectivity index (χ3v) is 6.58. The van der Waals surface area contributed by atoms with Crippen LogP contribution < -0.4 is 5.56 Å². The number of aryl methyl sites for hydroxylation is 3. The summed E-state index contributed by atoms with van der Waals surface area (Å²) >= 11 is 1.59. The smallest absolute Gasteiger partial charge is 0.326 e. The molecule has 0 saturated carbocycles. The Hall–Kier alpha value is -2.47. The van der Waals surface area contributed by atoms with E-state index in [1.165, 1.54) is 9.44 Å². The van der Waals surface area contributed by atoms with Gasteiger partial charge in [-0.2, -0.15) is 0 Å². The van der Waals surface area contributed by atoms with Crippen molar-refractivity contribution in [3.05, 3.63) is 50.6 Å². The molecule has 0 bridgehead atoms. The van der Waals surface area contributed by atoms with Gasteiger partial charge >= 0.3 is 5.97 Å². The summed E-state index contributed by atoms with van der Waals surface area (Å²) in [5.41, 5.74) is 2.65. The van der Waals surface area contributed by atoms with Crippen LogP contribution in [-0.4, -0.2) is 20.6 Å². The second-order valence-electron chi connectivity index (χ2n) is 7.08. The number of nitrogens with zero attached hydrogens (tertiary/aromatic N) is 2. The van der Waals surface area contributed by atoms with E-state index < -0.39 is 12.0 Å². The maximum Gasteiger partial charge on any atom is 0.326 e.